The van der Waals surface area contributed by atoms with Crippen LogP contribution in [-0.4, -0.2) is 30.5 Å². The second kappa shape index (κ2) is 4.06. The molecule has 0 radical (unpaired) electrons. The van der Waals surface area contributed by atoms with Gasteiger partial charge < -0.3 is 0 Å². The summed E-state index contributed by atoms with van der Waals surface area (Å²) in [6.45, 7) is 0. The first-order valence-corrected chi connectivity index (χ1v) is 4.47. The molecular weight excluding hydrogens is 340 g/mol. The van der Waals surface area contributed by atoms with Crippen LogP contribution in [0.2, 0.25) is 0 Å². The van der Waals surface area contributed by atoms with E-state index in [0.717, 1.165) is 0 Å². The van der Waals surface area contributed by atoms with Crippen molar-refractivity contribution in [1.82, 2.24) is 0 Å². The number of hydrogen-bond acceptors (Lipinski definition) is 1. The molecule has 1 aliphatic carbocycles. The molecule has 0 spiro atoms. The van der Waals surface area contributed by atoms with Crippen LogP contribution in [0.4, 0.5) is 52.7 Å². The standard InChI is InChI=1S/C8F12O/c9-5(10,11)2-1(3(21)6(12,13)14)4(2,7(15,16)17)8(18,19)20. The van der Waals surface area contributed by atoms with Gasteiger partial charge in [-0.25, -0.2) is 0 Å². The highest BCUT2D eigenvalue weighted by Crippen LogP contribution is 2.74. The first-order valence-electron chi connectivity index (χ1n) is 4.47. The van der Waals surface area contributed by atoms with Crippen molar-refractivity contribution >= 4 is 5.78 Å². The van der Waals surface area contributed by atoms with Crippen LogP contribution in [0.5, 0.6) is 0 Å². The monoisotopic (exact) mass is 340 g/mol. The number of carbonyl (C=O) groups is 1. The van der Waals surface area contributed by atoms with E-state index in [1.165, 1.54) is 0 Å². The minimum absolute atomic E-state index is 3.39. The van der Waals surface area contributed by atoms with Crippen LogP contribution in [-0.2, 0) is 4.79 Å². The maximum absolute atomic E-state index is 12.4. The summed E-state index contributed by atoms with van der Waals surface area (Å²) >= 11 is 0. The average molecular weight is 340 g/mol. The molecular formula is C8F12O. The highest BCUT2D eigenvalue weighted by atomic mass is 19.4. The summed E-state index contributed by atoms with van der Waals surface area (Å²) in [4.78, 5) is 10.5. The minimum Gasteiger partial charge on any atom is -0.284 e. The van der Waals surface area contributed by atoms with Gasteiger partial charge >= 0.3 is 24.7 Å². The van der Waals surface area contributed by atoms with Gasteiger partial charge in [0.05, 0.1) is 5.57 Å². The molecule has 0 bridgehead atoms. The second-order valence-corrected chi connectivity index (χ2v) is 3.82. The zero-order chi connectivity index (χ0) is 17.2. The Bertz CT molecular complexity index is 481. The highest BCUT2D eigenvalue weighted by Gasteiger charge is 2.90. The smallest absolute Gasteiger partial charge is 0.284 e. The van der Waals surface area contributed by atoms with Crippen molar-refractivity contribution in [3.05, 3.63) is 11.1 Å². The number of rotatable bonds is 1. The van der Waals surface area contributed by atoms with Crippen LogP contribution in [0.1, 0.15) is 0 Å². The SMILES string of the molecule is O=C(C1=C(C(F)(F)F)C1(C(F)(F)F)C(F)(F)F)C(F)(F)F. The first-order chi connectivity index (χ1) is 8.90. The summed E-state index contributed by atoms with van der Waals surface area (Å²) in [6, 6.07) is 0. The molecule has 0 aromatic rings. The summed E-state index contributed by atoms with van der Waals surface area (Å²) in [7, 11) is 0. The Morgan fingerprint density at radius 3 is 1.19 bits per heavy atom. The third-order valence-electron chi connectivity index (χ3n) is 2.56. The summed E-state index contributed by atoms with van der Waals surface area (Å²) in [5.74, 6) is -3.83. The lowest BCUT2D eigenvalue weighted by atomic mass is 9.93. The van der Waals surface area contributed by atoms with Crippen molar-refractivity contribution in [2.75, 3.05) is 0 Å². The minimum atomic E-state index is -6.80. The molecule has 1 aliphatic rings. The molecule has 21 heavy (non-hydrogen) atoms. The molecule has 0 fully saturated rings. The van der Waals surface area contributed by atoms with Crippen molar-refractivity contribution in [3.8, 4) is 0 Å². The van der Waals surface area contributed by atoms with E-state index in [9.17, 15) is 57.5 Å². The molecule has 0 aliphatic heterocycles. The molecule has 0 saturated carbocycles. The van der Waals surface area contributed by atoms with Gasteiger partial charge in [0.25, 0.3) is 5.78 Å². The van der Waals surface area contributed by atoms with Crippen LogP contribution < -0.4 is 0 Å². The lowest BCUT2D eigenvalue weighted by Crippen LogP contribution is -2.46. The zero-order valence-corrected chi connectivity index (χ0v) is 8.94. The predicted octanol–water partition coefficient (Wildman–Crippen LogP) is 4.10. The summed E-state index contributed by atoms with van der Waals surface area (Å²) in [5, 5.41) is 0. The van der Waals surface area contributed by atoms with Crippen molar-refractivity contribution in [1.29, 1.82) is 0 Å². The Labute approximate surface area is 106 Å². The molecule has 0 aromatic carbocycles. The Kier molecular flexibility index (Phi) is 3.41. The Morgan fingerprint density at radius 2 is 1.05 bits per heavy atom. The Hall–Kier alpha value is -1.43. The molecule has 1 rings (SSSR count). The fourth-order valence-corrected chi connectivity index (χ4v) is 1.79. The first kappa shape index (κ1) is 17.6. The van der Waals surface area contributed by atoms with Crippen LogP contribution in [0.25, 0.3) is 0 Å². The molecule has 0 heterocycles. The second-order valence-electron chi connectivity index (χ2n) is 3.82. The summed E-state index contributed by atoms with van der Waals surface area (Å²) in [6.07, 6.45) is -26.3. The third-order valence-corrected chi connectivity index (χ3v) is 2.56. The van der Waals surface area contributed by atoms with Crippen LogP contribution in [0.3, 0.4) is 0 Å². The molecule has 0 N–H and O–H groups in total. The number of Topliss-reactive ketones (excluding diaryl/α,β-unsaturated/α-hetero) is 1. The number of alkyl halides is 12. The van der Waals surface area contributed by atoms with Gasteiger partial charge in [-0.05, 0) is 0 Å². The maximum atomic E-state index is 12.4. The van der Waals surface area contributed by atoms with E-state index in [1.807, 2.05) is 0 Å². The fourth-order valence-electron chi connectivity index (χ4n) is 1.79. The molecule has 13 heteroatoms. The van der Waals surface area contributed by atoms with E-state index in [-0.39, 0.29) is 0 Å². The van der Waals surface area contributed by atoms with Gasteiger partial charge in [-0.15, -0.1) is 0 Å². The predicted molar refractivity (Wildman–Crippen MR) is 38.7 cm³/mol. The van der Waals surface area contributed by atoms with Crippen LogP contribution in [0, 0.1) is 5.41 Å². The van der Waals surface area contributed by atoms with Crippen molar-refractivity contribution in [2.45, 2.75) is 24.7 Å². The van der Waals surface area contributed by atoms with Crippen LogP contribution in [0.15, 0.2) is 11.1 Å². The van der Waals surface area contributed by atoms with Gasteiger partial charge in [0.2, 0.25) is 5.41 Å². The lowest BCUT2D eigenvalue weighted by molar-refractivity contribution is -0.302. The van der Waals surface area contributed by atoms with Gasteiger partial charge in [-0.1, -0.05) is 0 Å². The van der Waals surface area contributed by atoms with Crippen molar-refractivity contribution < 1.29 is 57.5 Å². The Morgan fingerprint density at radius 1 is 0.714 bits per heavy atom. The molecule has 0 amide bonds. The number of halogens is 12. The molecule has 0 saturated heterocycles. The van der Waals surface area contributed by atoms with Gasteiger partial charge in [0.15, 0.2) is 0 Å². The largest absolute Gasteiger partial charge is 0.454 e. The molecule has 0 atom stereocenters. The van der Waals surface area contributed by atoms with E-state index in [1.54, 1.807) is 0 Å². The van der Waals surface area contributed by atoms with Crippen molar-refractivity contribution in [3.63, 3.8) is 0 Å². The highest BCUT2D eigenvalue weighted by molar-refractivity contribution is 6.08. The number of ketones is 1. The van der Waals surface area contributed by atoms with E-state index in [4.69, 9.17) is 0 Å². The number of carbonyl (C=O) groups excluding carboxylic acids is 1. The molecule has 0 aromatic heterocycles. The van der Waals surface area contributed by atoms with Gasteiger partial charge in [-0.3, -0.25) is 4.79 Å². The average Bonchev–Trinajstić information content (AvgIpc) is 2.82. The topological polar surface area (TPSA) is 17.1 Å². The normalized spacial score (nSPS) is 19.8. The van der Waals surface area contributed by atoms with Crippen molar-refractivity contribution in [2.24, 2.45) is 5.41 Å². The zero-order valence-electron chi connectivity index (χ0n) is 8.94. The van der Waals surface area contributed by atoms with E-state index in [0.29, 0.717) is 0 Å². The van der Waals surface area contributed by atoms with Gasteiger partial charge in [-0.2, -0.15) is 52.7 Å². The van der Waals surface area contributed by atoms with E-state index >= 15 is 0 Å². The Balaban J connectivity index is 3.62. The molecule has 1 nitrogen and oxygen atoms in total. The number of hydrogen-bond donors (Lipinski definition) is 0. The lowest BCUT2D eigenvalue weighted by Gasteiger charge is -2.26. The third kappa shape index (κ3) is 2.35. The van der Waals surface area contributed by atoms with Gasteiger partial charge in [0.1, 0.15) is 0 Å². The van der Waals surface area contributed by atoms with Gasteiger partial charge in [0, 0.05) is 5.57 Å². The van der Waals surface area contributed by atoms with E-state index in [2.05, 4.69) is 0 Å². The van der Waals surface area contributed by atoms with E-state index < -0.39 is 47.0 Å². The summed E-state index contributed by atoms with van der Waals surface area (Å²) in [5.41, 5.74) is -12.9. The number of allylic oxidation sites excluding steroid dienone is 2. The molecule has 0 unspecified atom stereocenters. The summed E-state index contributed by atoms with van der Waals surface area (Å²) < 4.78 is 147. The molecule has 122 valence electrons. The van der Waals surface area contributed by atoms with Crippen LogP contribution >= 0.6 is 0 Å². The quantitative estimate of drug-likeness (QED) is 0.657. The maximum Gasteiger partial charge on any atom is 0.454 e. The fraction of sp³-hybridized carbons (Fsp3) is 0.625.